The van der Waals surface area contributed by atoms with Crippen LogP contribution in [0.1, 0.15) is 30.5 Å². The molecule has 0 amide bonds. The molecule has 0 aliphatic carbocycles. The molecule has 140 valence electrons. The molecule has 2 aromatic rings. The Kier molecular flexibility index (Phi) is 6.29. The van der Waals surface area contributed by atoms with Gasteiger partial charge in [0.25, 0.3) is 0 Å². The van der Waals surface area contributed by atoms with Gasteiger partial charge < -0.3 is 9.47 Å². The second-order valence-electron chi connectivity index (χ2n) is 6.24. The SMILES string of the molecule is COc1cc(CC(=O)Cc2ccc(C(F)(F)F)cc2)ccc1OC(C)C. The largest absolute Gasteiger partial charge is 0.493 e. The fourth-order valence-corrected chi connectivity index (χ4v) is 2.50. The van der Waals surface area contributed by atoms with Crippen molar-refractivity contribution in [3.63, 3.8) is 0 Å². The molecule has 0 heterocycles. The van der Waals surface area contributed by atoms with E-state index < -0.39 is 11.7 Å². The third-order valence-corrected chi connectivity index (χ3v) is 3.67. The number of rotatable bonds is 7. The minimum atomic E-state index is -4.38. The summed E-state index contributed by atoms with van der Waals surface area (Å²) in [5.41, 5.74) is 0.587. The van der Waals surface area contributed by atoms with E-state index in [0.29, 0.717) is 17.1 Å². The molecule has 0 aromatic heterocycles. The third kappa shape index (κ3) is 5.51. The van der Waals surface area contributed by atoms with E-state index in [0.717, 1.165) is 17.7 Å². The number of hydrogen-bond donors (Lipinski definition) is 0. The van der Waals surface area contributed by atoms with Gasteiger partial charge in [-0.15, -0.1) is 0 Å². The van der Waals surface area contributed by atoms with Crippen LogP contribution < -0.4 is 9.47 Å². The molecule has 0 atom stereocenters. The van der Waals surface area contributed by atoms with E-state index in [1.165, 1.54) is 19.2 Å². The highest BCUT2D eigenvalue weighted by atomic mass is 19.4. The number of carbonyl (C=O) groups excluding carboxylic acids is 1. The van der Waals surface area contributed by atoms with E-state index in [4.69, 9.17) is 9.47 Å². The summed E-state index contributed by atoms with van der Waals surface area (Å²) in [5, 5.41) is 0. The number of alkyl halides is 3. The van der Waals surface area contributed by atoms with Gasteiger partial charge in [0.1, 0.15) is 5.78 Å². The highest BCUT2D eigenvalue weighted by molar-refractivity contribution is 5.83. The maximum absolute atomic E-state index is 12.6. The fourth-order valence-electron chi connectivity index (χ4n) is 2.50. The Morgan fingerprint density at radius 1 is 0.962 bits per heavy atom. The summed E-state index contributed by atoms with van der Waals surface area (Å²) >= 11 is 0. The number of benzene rings is 2. The summed E-state index contributed by atoms with van der Waals surface area (Å²) < 4.78 is 48.6. The van der Waals surface area contributed by atoms with Crippen molar-refractivity contribution in [2.45, 2.75) is 39.0 Å². The lowest BCUT2D eigenvalue weighted by Crippen LogP contribution is -2.09. The fraction of sp³-hybridized carbons (Fsp3) is 0.350. The van der Waals surface area contributed by atoms with Gasteiger partial charge >= 0.3 is 6.18 Å². The van der Waals surface area contributed by atoms with Crippen molar-refractivity contribution < 1.29 is 27.4 Å². The average molecular weight is 366 g/mol. The molecule has 6 heteroatoms. The lowest BCUT2D eigenvalue weighted by molar-refractivity contribution is -0.137. The van der Waals surface area contributed by atoms with Gasteiger partial charge in [0, 0.05) is 12.8 Å². The lowest BCUT2D eigenvalue weighted by Gasteiger charge is -2.14. The van der Waals surface area contributed by atoms with Crippen molar-refractivity contribution in [3.8, 4) is 11.5 Å². The molecule has 3 nitrogen and oxygen atoms in total. The zero-order valence-electron chi connectivity index (χ0n) is 14.9. The number of halogens is 3. The van der Waals surface area contributed by atoms with Crippen molar-refractivity contribution >= 4 is 5.78 Å². The first-order valence-electron chi connectivity index (χ1n) is 8.20. The first-order valence-corrected chi connectivity index (χ1v) is 8.20. The van der Waals surface area contributed by atoms with Crippen LogP contribution in [0.3, 0.4) is 0 Å². The second kappa shape index (κ2) is 8.25. The first kappa shape index (κ1) is 19.8. The third-order valence-electron chi connectivity index (χ3n) is 3.67. The molecule has 0 unspecified atom stereocenters. The van der Waals surface area contributed by atoms with Crippen LogP contribution >= 0.6 is 0 Å². The predicted molar refractivity (Wildman–Crippen MR) is 92.6 cm³/mol. The van der Waals surface area contributed by atoms with Crippen molar-refractivity contribution in [2.24, 2.45) is 0 Å². The Morgan fingerprint density at radius 3 is 2.08 bits per heavy atom. The molecule has 0 spiro atoms. The van der Waals surface area contributed by atoms with E-state index >= 15 is 0 Å². The van der Waals surface area contributed by atoms with E-state index in [9.17, 15) is 18.0 Å². The molecular formula is C20H21F3O3. The average Bonchev–Trinajstić information content (AvgIpc) is 2.55. The zero-order valence-corrected chi connectivity index (χ0v) is 14.9. The number of methoxy groups -OCH3 is 1. The van der Waals surface area contributed by atoms with Crippen LogP contribution in [0.2, 0.25) is 0 Å². The van der Waals surface area contributed by atoms with Crippen molar-refractivity contribution in [1.82, 2.24) is 0 Å². The smallest absolute Gasteiger partial charge is 0.416 e. The molecule has 0 aliphatic heterocycles. The van der Waals surface area contributed by atoms with Crippen LogP contribution in [0, 0.1) is 0 Å². The molecule has 26 heavy (non-hydrogen) atoms. The van der Waals surface area contributed by atoms with Crippen LogP contribution in [0.15, 0.2) is 42.5 Å². The van der Waals surface area contributed by atoms with Crippen molar-refractivity contribution in [2.75, 3.05) is 7.11 Å². The Balaban J connectivity index is 2.03. The molecule has 0 fully saturated rings. The summed E-state index contributed by atoms with van der Waals surface area (Å²) in [7, 11) is 1.52. The highest BCUT2D eigenvalue weighted by Crippen LogP contribution is 2.30. The van der Waals surface area contributed by atoms with Crippen LogP contribution in [-0.4, -0.2) is 19.0 Å². The van der Waals surface area contributed by atoms with Crippen molar-refractivity contribution in [3.05, 3.63) is 59.2 Å². The normalized spacial score (nSPS) is 11.5. The molecule has 0 saturated heterocycles. The topological polar surface area (TPSA) is 35.5 Å². The standard InChI is InChI=1S/C20H21F3O3/c1-13(2)26-18-9-6-15(12-19(18)25-3)11-17(24)10-14-4-7-16(8-5-14)20(21,22)23/h4-9,12-13H,10-11H2,1-3H3. The van der Waals surface area contributed by atoms with Crippen LogP contribution in [0.25, 0.3) is 0 Å². The van der Waals surface area contributed by atoms with Gasteiger partial charge in [-0.25, -0.2) is 0 Å². The number of carbonyl (C=O) groups is 1. The van der Waals surface area contributed by atoms with E-state index in [-0.39, 0.29) is 24.7 Å². The summed E-state index contributed by atoms with van der Waals surface area (Å²) in [5.74, 6) is 1.05. The molecule has 2 aromatic carbocycles. The van der Waals surface area contributed by atoms with E-state index in [1.807, 2.05) is 13.8 Å². The van der Waals surface area contributed by atoms with Crippen LogP contribution in [0.5, 0.6) is 11.5 Å². The number of Topliss-reactive ketones (excluding diaryl/α,β-unsaturated/α-hetero) is 1. The molecule has 0 N–H and O–H groups in total. The minimum absolute atomic E-state index is 0.00366. The maximum Gasteiger partial charge on any atom is 0.416 e. The lowest BCUT2D eigenvalue weighted by atomic mass is 10.0. The van der Waals surface area contributed by atoms with Gasteiger partial charge in [0.15, 0.2) is 11.5 Å². The molecule has 0 bridgehead atoms. The van der Waals surface area contributed by atoms with Gasteiger partial charge in [0.2, 0.25) is 0 Å². The van der Waals surface area contributed by atoms with Gasteiger partial charge in [-0.3, -0.25) is 4.79 Å². The zero-order chi connectivity index (χ0) is 19.3. The Bertz CT molecular complexity index is 750. The summed E-state index contributed by atoms with van der Waals surface area (Å²) in [4.78, 5) is 12.2. The maximum atomic E-state index is 12.6. The van der Waals surface area contributed by atoms with E-state index in [1.54, 1.807) is 18.2 Å². The van der Waals surface area contributed by atoms with Crippen LogP contribution in [-0.2, 0) is 23.8 Å². The molecule has 0 aliphatic rings. The van der Waals surface area contributed by atoms with Gasteiger partial charge in [-0.2, -0.15) is 13.2 Å². The summed E-state index contributed by atoms with van der Waals surface area (Å²) in [6.45, 7) is 3.81. The summed E-state index contributed by atoms with van der Waals surface area (Å²) in [6, 6.07) is 9.92. The Morgan fingerprint density at radius 2 is 1.54 bits per heavy atom. The Labute approximate surface area is 150 Å². The molecule has 0 radical (unpaired) electrons. The monoisotopic (exact) mass is 366 g/mol. The number of hydrogen-bond acceptors (Lipinski definition) is 3. The molecule has 0 saturated carbocycles. The highest BCUT2D eigenvalue weighted by Gasteiger charge is 2.29. The number of ketones is 1. The van der Waals surface area contributed by atoms with Crippen molar-refractivity contribution in [1.29, 1.82) is 0 Å². The molecule has 2 rings (SSSR count). The van der Waals surface area contributed by atoms with E-state index in [2.05, 4.69) is 0 Å². The predicted octanol–water partition coefficient (Wildman–Crippen LogP) is 4.86. The Hall–Kier alpha value is -2.50. The molecular weight excluding hydrogens is 345 g/mol. The van der Waals surface area contributed by atoms with Gasteiger partial charge in [0.05, 0.1) is 18.8 Å². The van der Waals surface area contributed by atoms with Gasteiger partial charge in [-0.1, -0.05) is 18.2 Å². The minimum Gasteiger partial charge on any atom is -0.493 e. The summed E-state index contributed by atoms with van der Waals surface area (Å²) in [6.07, 6.45) is -4.14. The van der Waals surface area contributed by atoms with Crippen LogP contribution in [0.4, 0.5) is 13.2 Å². The van der Waals surface area contributed by atoms with Gasteiger partial charge in [-0.05, 0) is 49.2 Å². The quantitative estimate of drug-likeness (QED) is 0.702. The number of ether oxygens (including phenoxy) is 2. The second-order valence-corrected chi connectivity index (χ2v) is 6.24. The first-order chi connectivity index (χ1) is 12.2.